The maximum atomic E-state index is 10.8. The van der Waals surface area contributed by atoms with E-state index < -0.39 is 0 Å². The van der Waals surface area contributed by atoms with Gasteiger partial charge in [-0.25, -0.2) is 0 Å². The van der Waals surface area contributed by atoms with Crippen molar-refractivity contribution in [3.05, 3.63) is 75.8 Å². The molecule has 0 unspecified atom stereocenters. The van der Waals surface area contributed by atoms with Crippen LogP contribution >= 0.6 is 0 Å². The zero-order chi connectivity index (χ0) is 17.1. The summed E-state index contributed by atoms with van der Waals surface area (Å²) in [6.07, 6.45) is -0.164. The van der Waals surface area contributed by atoms with Gasteiger partial charge < -0.3 is 0 Å². The predicted octanol–water partition coefficient (Wildman–Crippen LogP) is 3.36. The fourth-order valence-electron chi connectivity index (χ4n) is 2.87. The largest absolute Gasteiger partial charge is 0.275 e. The summed E-state index contributed by atoms with van der Waals surface area (Å²) in [6, 6.07) is 17.1. The molecule has 1 fully saturated rings. The van der Waals surface area contributed by atoms with E-state index in [0.717, 1.165) is 17.7 Å². The van der Waals surface area contributed by atoms with Crippen molar-refractivity contribution in [2.75, 3.05) is 13.6 Å². The molecule has 6 heteroatoms. The van der Waals surface area contributed by atoms with E-state index in [9.17, 15) is 10.1 Å². The molecule has 2 aromatic carbocycles. The van der Waals surface area contributed by atoms with Crippen molar-refractivity contribution >= 4 is 5.69 Å². The average molecular weight is 327 g/mol. The Morgan fingerprint density at radius 1 is 1.17 bits per heavy atom. The van der Waals surface area contributed by atoms with Crippen LogP contribution in [0.4, 0.5) is 5.69 Å². The molecule has 1 saturated heterocycles. The number of benzene rings is 2. The monoisotopic (exact) mass is 327 g/mol. The molecule has 1 aliphatic rings. The van der Waals surface area contributed by atoms with E-state index in [1.165, 1.54) is 0 Å². The molecule has 0 saturated carbocycles. The van der Waals surface area contributed by atoms with Crippen LogP contribution in [0.2, 0.25) is 0 Å². The van der Waals surface area contributed by atoms with Gasteiger partial charge in [-0.05, 0) is 18.1 Å². The van der Waals surface area contributed by atoms with Crippen molar-refractivity contribution < 1.29 is 9.76 Å². The number of hydrogen-bond acceptors (Lipinski definition) is 5. The smallest absolute Gasteiger partial charge is 0.269 e. The lowest BCUT2D eigenvalue weighted by Gasteiger charge is -2.43. The Bertz CT molecular complexity index is 690. The van der Waals surface area contributed by atoms with Gasteiger partial charge in [0.15, 0.2) is 6.23 Å². The molecule has 0 aliphatic carbocycles. The van der Waals surface area contributed by atoms with Gasteiger partial charge in [-0.1, -0.05) is 42.5 Å². The molecule has 3 rings (SSSR count). The lowest BCUT2D eigenvalue weighted by Crippen LogP contribution is -2.49. The van der Waals surface area contributed by atoms with Crippen LogP contribution in [0.3, 0.4) is 0 Å². The fraction of sp³-hybridized carbons (Fsp3) is 0.333. The summed E-state index contributed by atoms with van der Waals surface area (Å²) in [5.74, 6) is 0. The second-order valence-electron chi connectivity index (χ2n) is 6.12. The standard InChI is InChI=1S/C18H21N3O3/c1-14-12-20(13-15-8-10-17(11-9-15)21(22)23)18(24-19(14)2)16-6-4-3-5-7-16/h3-11,14,18H,12-13H2,1-2H3/t14-,18-/m1/s1. The quantitative estimate of drug-likeness (QED) is 0.636. The third kappa shape index (κ3) is 3.62. The van der Waals surface area contributed by atoms with Gasteiger partial charge in [0.25, 0.3) is 5.69 Å². The number of nitro groups is 1. The van der Waals surface area contributed by atoms with Gasteiger partial charge >= 0.3 is 0 Å². The highest BCUT2D eigenvalue weighted by molar-refractivity contribution is 5.33. The van der Waals surface area contributed by atoms with Crippen molar-refractivity contribution in [3.8, 4) is 0 Å². The van der Waals surface area contributed by atoms with Crippen LogP contribution in [-0.4, -0.2) is 34.5 Å². The molecule has 2 atom stereocenters. The van der Waals surface area contributed by atoms with Crippen LogP contribution in [0.1, 0.15) is 24.3 Å². The van der Waals surface area contributed by atoms with E-state index in [-0.39, 0.29) is 22.9 Å². The molecular formula is C18H21N3O3. The Morgan fingerprint density at radius 3 is 2.46 bits per heavy atom. The fourth-order valence-corrected chi connectivity index (χ4v) is 2.87. The summed E-state index contributed by atoms with van der Waals surface area (Å²) in [5, 5.41) is 12.7. The van der Waals surface area contributed by atoms with Gasteiger partial charge in [0.05, 0.1) is 4.92 Å². The first-order chi connectivity index (χ1) is 11.5. The minimum atomic E-state index is -0.377. The SMILES string of the molecule is C[C@@H]1CN(Cc2ccc([N+](=O)[O-])cc2)[C@@H](c2ccccc2)ON1C. The lowest BCUT2D eigenvalue weighted by atomic mass is 10.1. The van der Waals surface area contributed by atoms with Crippen LogP contribution in [0.5, 0.6) is 0 Å². The molecule has 126 valence electrons. The zero-order valence-corrected chi connectivity index (χ0v) is 13.8. The first kappa shape index (κ1) is 16.6. The van der Waals surface area contributed by atoms with Crippen LogP contribution in [0.15, 0.2) is 54.6 Å². The van der Waals surface area contributed by atoms with Crippen LogP contribution in [-0.2, 0) is 11.4 Å². The Hall–Kier alpha value is -2.28. The van der Waals surface area contributed by atoms with Crippen molar-refractivity contribution in [2.24, 2.45) is 0 Å². The number of nitrogens with zero attached hydrogens (tertiary/aromatic N) is 3. The summed E-state index contributed by atoms with van der Waals surface area (Å²) < 4.78 is 0. The number of rotatable bonds is 4. The second-order valence-corrected chi connectivity index (χ2v) is 6.12. The molecular weight excluding hydrogens is 306 g/mol. The van der Waals surface area contributed by atoms with E-state index in [1.807, 2.05) is 42.4 Å². The third-order valence-electron chi connectivity index (χ3n) is 4.33. The summed E-state index contributed by atoms with van der Waals surface area (Å²) in [5.41, 5.74) is 2.24. The highest BCUT2D eigenvalue weighted by Crippen LogP contribution is 2.30. The molecule has 0 radical (unpaired) electrons. The summed E-state index contributed by atoms with van der Waals surface area (Å²) in [4.78, 5) is 18.7. The van der Waals surface area contributed by atoms with Gasteiger partial charge in [0.1, 0.15) is 0 Å². The minimum absolute atomic E-state index is 0.112. The van der Waals surface area contributed by atoms with Crippen LogP contribution in [0.25, 0.3) is 0 Å². The van der Waals surface area contributed by atoms with Crippen LogP contribution < -0.4 is 0 Å². The van der Waals surface area contributed by atoms with E-state index in [2.05, 4.69) is 24.0 Å². The molecule has 1 heterocycles. The molecule has 0 spiro atoms. The number of likely N-dealkylation sites (N-methyl/N-ethyl adjacent to an activating group) is 1. The average Bonchev–Trinajstić information content (AvgIpc) is 2.59. The maximum absolute atomic E-state index is 10.8. The predicted molar refractivity (Wildman–Crippen MR) is 91.0 cm³/mol. The van der Waals surface area contributed by atoms with Crippen molar-refractivity contribution in [3.63, 3.8) is 0 Å². The second kappa shape index (κ2) is 7.09. The summed E-state index contributed by atoms with van der Waals surface area (Å²) in [6.45, 7) is 3.65. The van der Waals surface area contributed by atoms with Crippen molar-refractivity contribution in [2.45, 2.75) is 25.7 Å². The molecule has 6 nitrogen and oxygen atoms in total. The molecule has 0 N–H and O–H groups in total. The highest BCUT2D eigenvalue weighted by atomic mass is 16.7. The summed E-state index contributed by atoms with van der Waals surface area (Å²) >= 11 is 0. The molecule has 0 bridgehead atoms. The molecule has 0 aromatic heterocycles. The van der Waals surface area contributed by atoms with Gasteiger partial charge in [-0.3, -0.25) is 19.9 Å². The van der Waals surface area contributed by atoms with E-state index >= 15 is 0 Å². The Balaban J connectivity index is 1.81. The normalized spacial score (nSPS) is 22.4. The number of hydrogen-bond donors (Lipinski definition) is 0. The Kier molecular flexibility index (Phi) is 4.89. The van der Waals surface area contributed by atoms with Gasteiger partial charge in [0.2, 0.25) is 0 Å². The van der Waals surface area contributed by atoms with E-state index in [1.54, 1.807) is 12.1 Å². The van der Waals surface area contributed by atoms with E-state index in [0.29, 0.717) is 6.54 Å². The highest BCUT2D eigenvalue weighted by Gasteiger charge is 2.31. The number of nitro benzene ring substituents is 1. The molecule has 24 heavy (non-hydrogen) atoms. The number of non-ortho nitro benzene ring substituents is 1. The summed E-state index contributed by atoms with van der Waals surface area (Å²) in [7, 11) is 1.95. The van der Waals surface area contributed by atoms with E-state index in [4.69, 9.17) is 4.84 Å². The topological polar surface area (TPSA) is 58.9 Å². The first-order valence-corrected chi connectivity index (χ1v) is 7.96. The Morgan fingerprint density at radius 2 is 1.83 bits per heavy atom. The minimum Gasteiger partial charge on any atom is -0.275 e. The van der Waals surface area contributed by atoms with Gasteiger partial charge in [-0.15, -0.1) is 0 Å². The zero-order valence-electron chi connectivity index (χ0n) is 13.8. The van der Waals surface area contributed by atoms with Crippen LogP contribution in [0, 0.1) is 10.1 Å². The molecule has 1 aliphatic heterocycles. The van der Waals surface area contributed by atoms with Crippen molar-refractivity contribution in [1.82, 2.24) is 9.96 Å². The Labute approximate surface area is 141 Å². The first-order valence-electron chi connectivity index (χ1n) is 7.96. The van der Waals surface area contributed by atoms with Gasteiger partial charge in [-0.2, -0.15) is 5.06 Å². The van der Waals surface area contributed by atoms with Gasteiger partial charge in [0, 0.05) is 38.3 Å². The number of hydroxylamine groups is 2. The molecule has 0 amide bonds. The van der Waals surface area contributed by atoms with Crippen molar-refractivity contribution in [1.29, 1.82) is 0 Å². The third-order valence-corrected chi connectivity index (χ3v) is 4.33. The molecule has 2 aromatic rings. The lowest BCUT2D eigenvalue weighted by molar-refractivity contribution is -0.384. The maximum Gasteiger partial charge on any atom is 0.269 e.